The topological polar surface area (TPSA) is 146 Å². The Morgan fingerprint density at radius 1 is 1.19 bits per heavy atom. The molecule has 0 aliphatic heterocycles. The van der Waals surface area contributed by atoms with Gasteiger partial charge in [-0.1, -0.05) is 12.1 Å². The summed E-state index contributed by atoms with van der Waals surface area (Å²) in [5.74, 6) is -1.32. The number of carbonyl (C=O) groups excluding carboxylic acids is 2. The molecule has 26 heavy (non-hydrogen) atoms. The predicted octanol–water partition coefficient (Wildman–Crippen LogP) is 1.53. The first kappa shape index (κ1) is 16.8. The van der Waals surface area contributed by atoms with Crippen molar-refractivity contribution in [3.8, 4) is 5.69 Å². The molecule has 0 saturated heterocycles. The van der Waals surface area contributed by atoms with Crippen LogP contribution in [-0.2, 0) is 0 Å². The van der Waals surface area contributed by atoms with Crippen molar-refractivity contribution >= 4 is 23.2 Å². The number of hydrogen-bond acceptors (Lipinski definition) is 6. The first-order valence-corrected chi connectivity index (χ1v) is 7.31. The van der Waals surface area contributed by atoms with Crippen molar-refractivity contribution in [1.82, 2.24) is 14.8 Å². The minimum atomic E-state index is -0.701. The number of hydrogen-bond donors (Lipinski definition) is 2. The molecule has 1 heterocycles. The SMILES string of the molecule is NC(=O)c1ccccc1NC(=O)c1ccc(-n2cncn2)c([N+](=O)[O-])c1. The van der Waals surface area contributed by atoms with Gasteiger partial charge < -0.3 is 11.1 Å². The smallest absolute Gasteiger partial charge is 0.295 e. The van der Waals surface area contributed by atoms with E-state index in [0.29, 0.717) is 0 Å². The quantitative estimate of drug-likeness (QED) is 0.526. The van der Waals surface area contributed by atoms with Gasteiger partial charge in [-0.25, -0.2) is 9.67 Å². The maximum atomic E-state index is 12.4. The summed E-state index contributed by atoms with van der Waals surface area (Å²) in [5, 5.41) is 17.7. The van der Waals surface area contributed by atoms with Crippen LogP contribution in [-0.4, -0.2) is 31.5 Å². The summed E-state index contributed by atoms with van der Waals surface area (Å²) in [6.45, 7) is 0. The number of carbonyl (C=O) groups is 2. The number of nitrogens with two attached hydrogens (primary N) is 1. The number of nitro benzene ring substituents is 1. The van der Waals surface area contributed by atoms with Gasteiger partial charge in [0.1, 0.15) is 18.3 Å². The van der Waals surface area contributed by atoms with Gasteiger partial charge in [0.2, 0.25) is 0 Å². The Morgan fingerprint density at radius 3 is 2.62 bits per heavy atom. The summed E-state index contributed by atoms with van der Waals surface area (Å²) in [6.07, 6.45) is 2.55. The van der Waals surface area contributed by atoms with Crippen molar-refractivity contribution in [2.45, 2.75) is 0 Å². The van der Waals surface area contributed by atoms with E-state index in [0.717, 1.165) is 6.07 Å². The standard InChI is InChI=1S/C16H12N6O4/c17-15(23)11-3-1-2-4-12(11)20-16(24)10-5-6-13(14(7-10)22(25)26)21-9-18-8-19-21/h1-9H,(H2,17,23)(H,20,24). The minimum absolute atomic E-state index is 0.0415. The first-order chi connectivity index (χ1) is 12.5. The van der Waals surface area contributed by atoms with E-state index in [-0.39, 0.29) is 28.2 Å². The Labute approximate surface area is 146 Å². The average Bonchev–Trinajstić information content (AvgIpc) is 3.16. The Bertz CT molecular complexity index is 1000. The molecule has 2 aromatic carbocycles. The van der Waals surface area contributed by atoms with Gasteiger partial charge in [0.05, 0.1) is 16.2 Å². The summed E-state index contributed by atoms with van der Waals surface area (Å²) in [5.41, 5.74) is 5.52. The van der Waals surface area contributed by atoms with E-state index in [9.17, 15) is 19.7 Å². The lowest BCUT2D eigenvalue weighted by molar-refractivity contribution is -0.384. The molecule has 2 amide bonds. The van der Waals surface area contributed by atoms with Crippen molar-refractivity contribution in [3.05, 3.63) is 76.4 Å². The van der Waals surface area contributed by atoms with E-state index in [1.165, 1.54) is 41.6 Å². The zero-order valence-corrected chi connectivity index (χ0v) is 13.2. The van der Waals surface area contributed by atoms with Gasteiger partial charge in [0.25, 0.3) is 17.5 Å². The highest BCUT2D eigenvalue weighted by molar-refractivity contribution is 6.09. The third-order valence-electron chi connectivity index (χ3n) is 3.54. The van der Waals surface area contributed by atoms with Gasteiger partial charge in [0.15, 0.2) is 0 Å². The van der Waals surface area contributed by atoms with Crippen molar-refractivity contribution in [1.29, 1.82) is 0 Å². The molecule has 3 aromatic rings. The Balaban J connectivity index is 1.95. The molecule has 10 nitrogen and oxygen atoms in total. The Hall–Kier alpha value is -4.08. The molecule has 130 valence electrons. The molecule has 0 atom stereocenters. The number of primary amides is 1. The zero-order chi connectivity index (χ0) is 18.7. The van der Waals surface area contributed by atoms with Gasteiger partial charge >= 0.3 is 0 Å². The molecular formula is C16H12N6O4. The summed E-state index contributed by atoms with van der Waals surface area (Å²) in [7, 11) is 0. The summed E-state index contributed by atoms with van der Waals surface area (Å²) in [6, 6.07) is 10.1. The van der Waals surface area contributed by atoms with Crippen LogP contribution in [0.3, 0.4) is 0 Å². The number of rotatable bonds is 5. The van der Waals surface area contributed by atoms with E-state index in [4.69, 9.17) is 5.73 Å². The molecule has 0 saturated carbocycles. The summed E-state index contributed by atoms with van der Waals surface area (Å²) in [4.78, 5) is 38.3. The number of para-hydroxylation sites is 1. The van der Waals surface area contributed by atoms with Crippen LogP contribution >= 0.6 is 0 Å². The van der Waals surface area contributed by atoms with E-state index in [1.54, 1.807) is 12.1 Å². The third-order valence-corrected chi connectivity index (χ3v) is 3.54. The van der Waals surface area contributed by atoms with Gasteiger partial charge in [-0.15, -0.1) is 0 Å². The second-order valence-electron chi connectivity index (χ2n) is 5.16. The monoisotopic (exact) mass is 352 g/mol. The largest absolute Gasteiger partial charge is 0.366 e. The van der Waals surface area contributed by atoms with Crippen LogP contribution in [0.1, 0.15) is 20.7 Å². The summed E-state index contributed by atoms with van der Waals surface area (Å²) >= 11 is 0. The maximum absolute atomic E-state index is 12.4. The van der Waals surface area contributed by atoms with Crippen LogP contribution in [0.25, 0.3) is 5.69 Å². The van der Waals surface area contributed by atoms with Crippen LogP contribution in [0.15, 0.2) is 55.1 Å². The Kier molecular flexibility index (Phi) is 4.39. The zero-order valence-electron chi connectivity index (χ0n) is 13.2. The van der Waals surface area contributed by atoms with Crippen LogP contribution in [0.4, 0.5) is 11.4 Å². The van der Waals surface area contributed by atoms with Crippen LogP contribution in [0.5, 0.6) is 0 Å². The average molecular weight is 352 g/mol. The van der Waals surface area contributed by atoms with Gasteiger partial charge in [-0.2, -0.15) is 5.10 Å². The molecule has 3 N–H and O–H groups in total. The number of aromatic nitrogens is 3. The molecule has 0 aliphatic carbocycles. The fourth-order valence-corrected chi connectivity index (χ4v) is 2.34. The number of nitrogens with zero attached hydrogens (tertiary/aromatic N) is 4. The van der Waals surface area contributed by atoms with E-state index >= 15 is 0 Å². The molecule has 0 bridgehead atoms. The second-order valence-corrected chi connectivity index (χ2v) is 5.16. The number of nitrogens with one attached hydrogen (secondary N) is 1. The normalized spacial score (nSPS) is 10.3. The number of nitro groups is 1. The van der Waals surface area contributed by atoms with E-state index in [2.05, 4.69) is 15.4 Å². The second kappa shape index (κ2) is 6.81. The Morgan fingerprint density at radius 2 is 1.96 bits per heavy atom. The lowest BCUT2D eigenvalue weighted by Crippen LogP contribution is -2.18. The fraction of sp³-hybridized carbons (Fsp3) is 0. The highest BCUT2D eigenvalue weighted by atomic mass is 16.6. The molecule has 0 radical (unpaired) electrons. The molecule has 0 spiro atoms. The third kappa shape index (κ3) is 3.24. The highest BCUT2D eigenvalue weighted by Gasteiger charge is 2.20. The van der Waals surface area contributed by atoms with E-state index < -0.39 is 16.7 Å². The minimum Gasteiger partial charge on any atom is -0.366 e. The maximum Gasteiger partial charge on any atom is 0.295 e. The van der Waals surface area contributed by atoms with Gasteiger partial charge in [-0.3, -0.25) is 19.7 Å². The lowest BCUT2D eigenvalue weighted by Gasteiger charge is -2.09. The summed E-state index contributed by atoms with van der Waals surface area (Å²) < 4.78 is 1.22. The van der Waals surface area contributed by atoms with Crippen LogP contribution < -0.4 is 11.1 Å². The van der Waals surface area contributed by atoms with Crippen LogP contribution in [0.2, 0.25) is 0 Å². The lowest BCUT2D eigenvalue weighted by atomic mass is 10.1. The fourth-order valence-electron chi connectivity index (χ4n) is 2.34. The molecule has 1 aromatic heterocycles. The van der Waals surface area contributed by atoms with E-state index in [1.807, 2.05) is 0 Å². The first-order valence-electron chi connectivity index (χ1n) is 7.31. The van der Waals surface area contributed by atoms with Gasteiger partial charge in [0, 0.05) is 11.6 Å². The number of benzene rings is 2. The van der Waals surface area contributed by atoms with Crippen molar-refractivity contribution < 1.29 is 14.5 Å². The van der Waals surface area contributed by atoms with Crippen molar-refractivity contribution in [2.75, 3.05) is 5.32 Å². The van der Waals surface area contributed by atoms with Gasteiger partial charge in [-0.05, 0) is 24.3 Å². The number of amides is 2. The number of anilines is 1. The predicted molar refractivity (Wildman–Crippen MR) is 90.9 cm³/mol. The van der Waals surface area contributed by atoms with Crippen LogP contribution in [0, 0.1) is 10.1 Å². The van der Waals surface area contributed by atoms with Crippen molar-refractivity contribution in [3.63, 3.8) is 0 Å². The molecule has 0 fully saturated rings. The molecule has 10 heteroatoms. The molecular weight excluding hydrogens is 340 g/mol. The molecule has 0 unspecified atom stereocenters. The molecule has 3 rings (SSSR count). The van der Waals surface area contributed by atoms with Crippen molar-refractivity contribution in [2.24, 2.45) is 5.73 Å². The molecule has 0 aliphatic rings. The highest BCUT2D eigenvalue weighted by Crippen LogP contribution is 2.24.